The minimum Gasteiger partial charge on any atom is -0.347 e. The fourth-order valence-electron chi connectivity index (χ4n) is 2.55. The molecule has 0 N–H and O–H groups in total. The lowest BCUT2D eigenvalue weighted by atomic mass is 10.1. The van der Waals surface area contributed by atoms with E-state index in [1.54, 1.807) is 0 Å². The molecule has 0 atom stereocenters. The van der Waals surface area contributed by atoms with Crippen LogP contribution >= 0.6 is 0 Å². The lowest BCUT2D eigenvalue weighted by Gasteiger charge is -2.02. The van der Waals surface area contributed by atoms with Crippen LogP contribution in [0, 0.1) is 0 Å². The molecule has 0 saturated heterocycles. The first-order valence-corrected chi connectivity index (χ1v) is 5.61. The van der Waals surface area contributed by atoms with Crippen LogP contribution in [0.15, 0.2) is 30.3 Å². The second-order valence-corrected chi connectivity index (χ2v) is 4.23. The molecular formula is C14H15N. The van der Waals surface area contributed by atoms with Crippen molar-refractivity contribution in [3.8, 4) is 0 Å². The van der Waals surface area contributed by atoms with Gasteiger partial charge in [-0.15, -0.1) is 0 Å². The van der Waals surface area contributed by atoms with Crippen LogP contribution < -0.4 is 0 Å². The third-order valence-electron chi connectivity index (χ3n) is 3.34. The van der Waals surface area contributed by atoms with E-state index in [2.05, 4.69) is 48.0 Å². The van der Waals surface area contributed by atoms with Gasteiger partial charge in [-0.3, -0.25) is 0 Å². The van der Waals surface area contributed by atoms with E-state index in [-0.39, 0.29) is 0 Å². The van der Waals surface area contributed by atoms with Gasteiger partial charge in [0.05, 0.1) is 0 Å². The molecule has 1 heteroatoms. The summed E-state index contributed by atoms with van der Waals surface area (Å²) in [5, 5.41) is 1.40. The van der Waals surface area contributed by atoms with E-state index in [0.29, 0.717) is 0 Å². The third-order valence-corrected chi connectivity index (χ3v) is 3.34. The number of benzene rings is 1. The summed E-state index contributed by atoms with van der Waals surface area (Å²) < 4.78 is 2.35. The predicted molar refractivity (Wildman–Crippen MR) is 64.9 cm³/mol. The van der Waals surface area contributed by atoms with Crippen LogP contribution in [-0.2, 0) is 13.5 Å². The average molecular weight is 197 g/mol. The Labute approximate surface area is 90.0 Å². The van der Waals surface area contributed by atoms with Crippen LogP contribution in [-0.4, -0.2) is 4.57 Å². The zero-order chi connectivity index (χ0) is 10.3. The largest absolute Gasteiger partial charge is 0.347 e. The normalized spacial score (nSPS) is 15.3. The summed E-state index contributed by atoms with van der Waals surface area (Å²) in [6.45, 7) is 0. The lowest BCUT2D eigenvalue weighted by Crippen LogP contribution is -1.96. The summed E-state index contributed by atoms with van der Waals surface area (Å²) in [4.78, 5) is 0. The number of allylic oxidation sites excluding steroid dienone is 1. The molecule has 15 heavy (non-hydrogen) atoms. The van der Waals surface area contributed by atoms with Crippen molar-refractivity contribution in [1.29, 1.82) is 0 Å². The molecule has 0 bridgehead atoms. The molecule has 1 aliphatic carbocycles. The van der Waals surface area contributed by atoms with E-state index in [1.807, 2.05) is 0 Å². The molecule has 0 spiro atoms. The molecular weight excluding hydrogens is 182 g/mol. The fraction of sp³-hybridized carbons (Fsp3) is 0.286. The highest BCUT2D eigenvalue weighted by Crippen LogP contribution is 2.29. The van der Waals surface area contributed by atoms with E-state index in [4.69, 9.17) is 0 Å². The molecule has 0 radical (unpaired) electrons. The molecule has 0 saturated carbocycles. The number of fused-ring (bicyclic) bond motifs is 3. The van der Waals surface area contributed by atoms with Crippen molar-refractivity contribution >= 4 is 17.0 Å². The fourth-order valence-corrected chi connectivity index (χ4v) is 2.55. The zero-order valence-electron chi connectivity index (χ0n) is 9.03. The Balaban J connectivity index is 2.41. The Kier molecular flexibility index (Phi) is 1.91. The van der Waals surface area contributed by atoms with E-state index in [9.17, 15) is 0 Å². The summed E-state index contributed by atoms with van der Waals surface area (Å²) in [6, 6.07) is 8.67. The van der Waals surface area contributed by atoms with Crippen molar-refractivity contribution in [1.82, 2.24) is 4.57 Å². The molecule has 1 aliphatic rings. The van der Waals surface area contributed by atoms with Gasteiger partial charge in [0.1, 0.15) is 0 Å². The highest BCUT2D eigenvalue weighted by Gasteiger charge is 2.13. The summed E-state index contributed by atoms with van der Waals surface area (Å²) in [6.07, 6.45) is 8.28. The number of rotatable bonds is 0. The van der Waals surface area contributed by atoms with Gasteiger partial charge < -0.3 is 4.57 Å². The van der Waals surface area contributed by atoms with Crippen LogP contribution in [0.25, 0.3) is 17.0 Å². The van der Waals surface area contributed by atoms with Crippen LogP contribution in [0.3, 0.4) is 0 Å². The monoisotopic (exact) mass is 197 g/mol. The quantitative estimate of drug-likeness (QED) is 0.609. The van der Waals surface area contributed by atoms with E-state index >= 15 is 0 Å². The Morgan fingerprint density at radius 2 is 2.07 bits per heavy atom. The van der Waals surface area contributed by atoms with Gasteiger partial charge in [-0.2, -0.15) is 0 Å². The zero-order valence-corrected chi connectivity index (χ0v) is 9.03. The van der Waals surface area contributed by atoms with Gasteiger partial charge in [0.25, 0.3) is 0 Å². The van der Waals surface area contributed by atoms with Crippen molar-refractivity contribution in [3.63, 3.8) is 0 Å². The molecule has 1 nitrogen and oxygen atoms in total. The first-order valence-electron chi connectivity index (χ1n) is 5.61. The molecule has 2 aromatic rings. The van der Waals surface area contributed by atoms with Crippen LogP contribution in [0.1, 0.15) is 24.1 Å². The highest BCUT2D eigenvalue weighted by atomic mass is 14.9. The molecule has 1 aromatic heterocycles. The number of hydrogen-bond acceptors (Lipinski definition) is 0. The average Bonchev–Trinajstić information content (AvgIpc) is 2.48. The number of aromatic nitrogens is 1. The number of aryl methyl sites for hydroxylation is 1. The van der Waals surface area contributed by atoms with Gasteiger partial charge in [-0.25, -0.2) is 0 Å². The van der Waals surface area contributed by atoms with Crippen LogP contribution in [0.5, 0.6) is 0 Å². The van der Waals surface area contributed by atoms with Crippen molar-refractivity contribution in [2.45, 2.75) is 19.3 Å². The third kappa shape index (κ3) is 1.23. The second kappa shape index (κ2) is 3.27. The number of hydrogen-bond donors (Lipinski definition) is 0. The van der Waals surface area contributed by atoms with E-state index < -0.39 is 0 Å². The van der Waals surface area contributed by atoms with Gasteiger partial charge in [0.2, 0.25) is 0 Å². The van der Waals surface area contributed by atoms with Crippen molar-refractivity contribution < 1.29 is 0 Å². The first kappa shape index (κ1) is 8.78. The van der Waals surface area contributed by atoms with Crippen molar-refractivity contribution in [3.05, 3.63) is 41.6 Å². The summed E-state index contributed by atoms with van der Waals surface area (Å²) in [5.41, 5.74) is 4.28. The van der Waals surface area contributed by atoms with Crippen molar-refractivity contribution in [2.75, 3.05) is 0 Å². The SMILES string of the molecule is Cn1c2c(c3ccccc31)C=CCCC2. The van der Waals surface area contributed by atoms with Gasteiger partial charge >= 0.3 is 0 Å². The molecule has 1 aromatic carbocycles. The molecule has 0 aliphatic heterocycles. The Morgan fingerprint density at radius 1 is 1.20 bits per heavy atom. The minimum absolute atomic E-state index is 1.20. The molecule has 0 fully saturated rings. The van der Waals surface area contributed by atoms with Gasteiger partial charge in [-0.1, -0.05) is 30.4 Å². The molecule has 76 valence electrons. The van der Waals surface area contributed by atoms with Crippen LogP contribution in [0.4, 0.5) is 0 Å². The summed E-state index contributed by atoms with van der Waals surface area (Å²) in [7, 11) is 2.18. The van der Waals surface area contributed by atoms with Crippen LogP contribution in [0.2, 0.25) is 0 Å². The topological polar surface area (TPSA) is 4.93 Å². The lowest BCUT2D eigenvalue weighted by molar-refractivity contribution is 0.775. The molecule has 0 amide bonds. The Bertz CT molecular complexity index is 532. The van der Waals surface area contributed by atoms with E-state index in [0.717, 1.165) is 0 Å². The first-order chi connectivity index (χ1) is 7.38. The maximum Gasteiger partial charge on any atom is 0.0486 e. The maximum absolute atomic E-state index is 2.35. The highest BCUT2D eigenvalue weighted by molar-refractivity contribution is 5.91. The summed E-state index contributed by atoms with van der Waals surface area (Å²) in [5.74, 6) is 0. The summed E-state index contributed by atoms with van der Waals surface area (Å²) >= 11 is 0. The second-order valence-electron chi connectivity index (χ2n) is 4.23. The maximum atomic E-state index is 2.35. The smallest absolute Gasteiger partial charge is 0.0486 e. The molecule has 0 unspecified atom stereocenters. The van der Waals surface area contributed by atoms with Gasteiger partial charge in [0.15, 0.2) is 0 Å². The van der Waals surface area contributed by atoms with Gasteiger partial charge in [-0.05, 0) is 25.3 Å². The number of para-hydroxylation sites is 1. The predicted octanol–water partition coefficient (Wildman–Crippen LogP) is 3.53. The molecule has 3 rings (SSSR count). The van der Waals surface area contributed by atoms with Gasteiger partial charge in [0, 0.05) is 29.2 Å². The number of nitrogens with zero attached hydrogens (tertiary/aromatic N) is 1. The molecule has 1 heterocycles. The minimum atomic E-state index is 1.20. The van der Waals surface area contributed by atoms with Crippen molar-refractivity contribution in [2.24, 2.45) is 7.05 Å². The standard InChI is InChI=1S/C14H15N/c1-15-13-9-4-2-3-7-11(13)12-8-5-6-10-14(12)15/h3,5-8,10H,2,4,9H2,1H3. The van der Waals surface area contributed by atoms with E-state index in [1.165, 1.54) is 41.4 Å². The Morgan fingerprint density at radius 3 is 3.00 bits per heavy atom. The Hall–Kier alpha value is -1.50.